The molecular weight excluding hydrogens is 266 g/mol. The highest BCUT2D eigenvalue weighted by Crippen LogP contribution is 2.22. The second-order valence-electron chi connectivity index (χ2n) is 4.78. The van der Waals surface area contributed by atoms with E-state index in [4.69, 9.17) is 16.3 Å². The molecule has 0 amide bonds. The molecular formula is C13H20ClN3O2. The minimum absolute atomic E-state index is 0.152. The zero-order valence-corrected chi connectivity index (χ0v) is 11.9. The van der Waals surface area contributed by atoms with Crippen LogP contribution < -0.4 is 5.32 Å². The molecule has 2 rings (SSSR count). The van der Waals surface area contributed by atoms with Gasteiger partial charge in [-0.2, -0.15) is 0 Å². The predicted molar refractivity (Wildman–Crippen MR) is 74.3 cm³/mol. The van der Waals surface area contributed by atoms with Gasteiger partial charge in [-0.3, -0.25) is 0 Å². The summed E-state index contributed by atoms with van der Waals surface area (Å²) in [4.78, 5) is 8.52. The quantitative estimate of drug-likeness (QED) is 0.813. The molecule has 106 valence electrons. The summed E-state index contributed by atoms with van der Waals surface area (Å²) >= 11 is 5.98. The molecule has 0 spiro atoms. The Bertz CT molecular complexity index is 409. The molecule has 5 nitrogen and oxygen atoms in total. The summed E-state index contributed by atoms with van der Waals surface area (Å²) in [5, 5.41) is 13.3. The number of hydrogen-bond acceptors (Lipinski definition) is 5. The minimum atomic E-state index is -0.152. The molecule has 1 aromatic rings. The second-order valence-corrected chi connectivity index (χ2v) is 5.17. The highest BCUT2D eigenvalue weighted by Gasteiger charge is 2.19. The number of ether oxygens (including phenoxy) is 1. The lowest BCUT2D eigenvalue weighted by Gasteiger charge is -2.26. The largest absolute Gasteiger partial charge is 0.393 e. The van der Waals surface area contributed by atoms with E-state index in [2.05, 4.69) is 15.3 Å². The fraction of sp³-hybridized carbons (Fsp3) is 0.692. The number of aromatic nitrogens is 2. The summed E-state index contributed by atoms with van der Waals surface area (Å²) in [6.45, 7) is 2.92. The molecule has 1 aromatic heterocycles. The summed E-state index contributed by atoms with van der Waals surface area (Å²) in [5.41, 5.74) is 0. The summed E-state index contributed by atoms with van der Waals surface area (Å²) < 4.78 is 5.29. The Morgan fingerprint density at radius 3 is 2.79 bits per heavy atom. The third-order valence-corrected chi connectivity index (χ3v) is 3.42. The Morgan fingerprint density at radius 2 is 2.11 bits per heavy atom. The van der Waals surface area contributed by atoms with Gasteiger partial charge in [0.25, 0.3) is 0 Å². The van der Waals surface area contributed by atoms with Gasteiger partial charge < -0.3 is 15.2 Å². The number of anilines is 1. The molecule has 1 heterocycles. The van der Waals surface area contributed by atoms with Gasteiger partial charge in [0, 0.05) is 18.7 Å². The summed E-state index contributed by atoms with van der Waals surface area (Å²) in [7, 11) is 0. The number of nitrogens with zero attached hydrogens (tertiary/aromatic N) is 2. The molecule has 0 bridgehead atoms. The van der Waals surface area contributed by atoms with Crippen molar-refractivity contribution in [1.29, 1.82) is 0 Å². The van der Waals surface area contributed by atoms with Crippen LogP contribution in [0.3, 0.4) is 0 Å². The average molecular weight is 286 g/mol. The summed E-state index contributed by atoms with van der Waals surface area (Å²) in [6, 6.07) is 2.07. The van der Waals surface area contributed by atoms with Gasteiger partial charge in [0.15, 0.2) is 5.82 Å². The van der Waals surface area contributed by atoms with Crippen LogP contribution in [0.15, 0.2) is 6.07 Å². The molecule has 0 aliphatic heterocycles. The fourth-order valence-electron chi connectivity index (χ4n) is 2.23. The highest BCUT2D eigenvalue weighted by atomic mass is 35.5. The lowest BCUT2D eigenvalue weighted by molar-refractivity contribution is 0.125. The predicted octanol–water partition coefficient (Wildman–Crippen LogP) is 2.38. The van der Waals surface area contributed by atoms with Gasteiger partial charge in [0.2, 0.25) is 0 Å². The van der Waals surface area contributed by atoms with Crippen molar-refractivity contribution in [3.05, 3.63) is 17.0 Å². The molecule has 1 saturated carbocycles. The first kappa shape index (κ1) is 14.5. The first-order chi connectivity index (χ1) is 9.17. The van der Waals surface area contributed by atoms with Crippen LogP contribution in [0, 0.1) is 0 Å². The van der Waals surface area contributed by atoms with Crippen molar-refractivity contribution >= 4 is 17.4 Å². The van der Waals surface area contributed by atoms with Crippen LogP contribution >= 0.6 is 11.6 Å². The van der Waals surface area contributed by atoms with Crippen molar-refractivity contribution in [2.24, 2.45) is 0 Å². The summed E-state index contributed by atoms with van der Waals surface area (Å²) in [6.07, 6.45) is 3.41. The standard InChI is InChI=1S/C13H20ClN3O2/c1-2-19-8-13-16-11(14)7-12(17-13)15-9-3-5-10(18)6-4-9/h7,9-10,18H,2-6,8H2,1H3,(H,15,16,17). The zero-order valence-electron chi connectivity index (χ0n) is 11.1. The molecule has 0 atom stereocenters. The lowest BCUT2D eigenvalue weighted by Crippen LogP contribution is -2.28. The van der Waals surface area contributed by atoms with Crippen LogP contribution in [0.1, 0.15) is 38.4 Å². The van der Waals surface area contributed by atoms with Gasteiger partial charge in [0.05, 0.1) is 6.10 Å². The average Bonchev–Trinajstić information content (AvgIpc) is 2.38. The third-order valence-electron chi connectivity index (χ3n) is 3.23. The van der Waals surface area contributed by atoms with Crippen LogP contribution in [-0.4, -0.2) is 33.8 Å². The lowest BCUT2D eigenvalue weighted by atomic mass is 9.93. The van der Waals surface area contributed by atoms with E-state index >= 15 is 0 Å². The van der Waals surface area contributed by atoms with Crippen molar-refractivity contribution < 1.29 is 9.84 Å². The molecule has 0 radical (unpaired) electrons. The highest BCUT2D eigenvalue weighted by molar-refractivity contribution is 6.29. The van der Waals surface area contributed by atoms with E-state index in [1.807, 2.05) is 6.92 Å². The second kappa shape index (κ2) is 7.03. The third kappa shape index (κ3) is 4.60. The minimum Gasteiger partial charge on any atom is -0.393 e. The van der Waals surface area contributed by atoms with Crippen LogP contribution in [-0.2, 0) is 11.3 Å². The monoisotopic (exact) mass is 285 g/mol. The van der Waals surface area contributed by atoms with E-state index in [1.54, 1.807) is 6.07 Å². The van der Waals surface area contributed by atoms with Gasteiger partial charge in [-0.05, 0) is 32.6 Å². The molecule has 1 aliphatic carbocycles. The zero-order chi connectivity index (χ0) is 13.7. The van der Waals surface area contributed by atoms with Crippen molar-refractivity contribution in [3.8, 4) is 0 Å². The number of aliphatic hydroxyl groups excluding tert-OH is 1. The Balaban J connectivity index is 1.97. The Kier molecular flexibility index (Phi) is 5.36. The van der Waals surface area contributed by atoms with Gasteiger partial charge in [-0.25, -0.2) is 9.97 Å². The molecule has 0 saturated heterocycles. The normalized spacial score (nSPS) is 23.3. The van der Waals surface area contributed by atoms with Crippen LogP contribution in [0.4, 0.5) is 5.82 Å². The molecule has 0 aromatic carbocycles. The van der Waals surface area contributed by atoms with Crippen molar-refractivity contribution in [1.82, 2.24) is 9.97 Å². The first-order valence-corrected chi connectivity index (χ1v) is 7.11. The number of aliphatic hydroxyl groups is 1. The number of nitrogens with one attached hydrogen (secondary N) is 1. The topological polar surface area (TPSA) is 67.3 Å². The fourth-order valence-corrected chi connectivity index (χ4v) is 2.43. The van der Waals surface area contributed by atoms with Crippen molar-refractivity contribution in [2.45, 2.75) is 51.4 Å². The van der Waals surface area contributed by atoms with Crippen LogP contribution in [0.2, 0.25) is 5.15 Å². The van der Waals surface area contributed by atoms with Crippen LogP contribution in [0.25, 0.3) is 0 Å². The maximum Gasteiger partial charge on any atom is 0.158 e. The van der Waals surface area contributed by atoms with Gasteiger partial charge in [-0.1, -0.05) is 11.6 Å². The smallest absolute Gasteiger partial charge is 0.158 e. The maximum atomic E-state index is 9.49. The van der Waals surface area contributed by atoms with Crippen LogP contribution in [0.5, 0.6) is 0 Å². The number of hydrogen-bond donors (Lipinski definition) is 2. The number of rotatable bonds is 5. The van der Waals surface area contributed by atoms with E-state index in [9.17, 15) is 5.11 Å². The molecule has 2 N–H and O–H groups in total. The van der Waals surface area contributed by atoms with Crippen molar-refractivity contribution in [3.63, 3.8) is 0 Å². The van der Waals surface area contributed by atoms with E-state index in [-0.39, 0.29) is 6.10 Å². The van der Waals surface area contributed by atoms with Gasteiger partial charge >= 0.3 is 0 Å². The Hall–Kier alpha value is -0.910. The Labute approximate surface area is 118 Å². The molecule has 1 aliphatic rings. The van der Waals surface area contributed by atoms with E-state index in [1.165, 1.54) is 0 Å². The molecule has 6 heteroatoms. The first-order valence-electron chi connectivity index (χ1n) is 6.73. The molecule has 0 unspecified atom stereocenters. The van der Waals surface area contributed by atoms with E-state index in [0.29, 0.717) is 30.2 Å². The van der Waals surface area contributed by atoms with E-state index in [0.717, 1.165) is 31.5 Å². The maximum absolute atomic E-state index is 9.49. The number of halogens is 1. The van der Waals surface area contributed by atoms with E-state index < -0.39 is 0 Å². The van der Waals surface area contributed by atoms with Gasteiger partial charge in [-0.15, -0.1) is 0 Å². The molecule has 19 heavy (non-hydrogen) atoms. The SMILES string of the molecule is CCOCc1nc(Cl)cc(NC2CCC(O)CC2)n1. The summed E-state index contributed by atoms with van der Waals surface area (Å²) in [5.74, 6) is 1.32. The Morgan fingerprint density at radius 1 is 1.37 bits per heavy atom. The molecule has 1 fully saturated rings. The van der Waals surface area contributed by atoms with Crippen molar-refractivity contribution in [2.75, 3.05) is 11.9 Å². The van der Waals surface area contributed by atoms with Gasteiger partial charge in [0.1, 0.15) is 17.6 Å².